The van der Waals surface area contributed by atoms with E-state index in [1.165, 1.54) is 12.1 Å². The number of thiazole rings is 1. The highest BCUT2D eigenvalue weighted by molar-refractivity contribution is 7.13. The number of benzene rings is 1. The molecule has 6 nitrogen and oxygen atoms in total. The van der Waals surface area contributed by atoms with Crippen LogP contribution in [-0.2, 0) is 4.79 Å². The Morgan fingerprint density at radius 2 is 1.96 bits per heavy atom. The molecular weight excluding hydrogens is 314 g/mol. The second kappa shape index (κ2) is 7.03. The van der Waals surface area contributed by atoms with Gasteiger partial charge in [0.15, 0.2) is 5.13 Å². The molecule has 1 aliphatic heterocycles. The highest BCUT2D eigenvalue weighted by Crippen LogP contribution is 2.19. The van der Waals surface area contributed by atoms with Gasteiger partial charge in [0, 0.05) is 43.7 Å². The lowest BCUT2D eigenvalue weighted by atomic mass is 10.3. The number of hydrogen-bond donors (Lipinski definition) is 1. The summed E-state index contributed by atoms with van der Waals surface area (Å²) in [5, 5.41) is 12.1. The van der Waals surface area contributed by atoms with Crippen molar-refractivity contribution in [3.8, 4) is 23.5 Å². The van der Waals surface area contributed by atoms with Crippen molar-refractivity contribution in [2.24, 2.45) is 0 Å². The summed E-state index contributed by atoms with van der Waals surface area (Å²) >= 11 is 1.60. The second-order valence-electron chi connectivity index (χ2n) is 4.92. The number of carbonyl (C=O) groups excluding carboxylic acids is 1. The number of phenolic OH excluding ortho intramolecular Hbond substituents is 1. The van der Waals surface area contributed by atoms with Crippen LogP contribution in [0, 0.1) is 12.0 Å². The Hall–Kier alpha value is -2.72. The van der Waals surface area contributed by atoms with Crippen molar-refractivity contribution in [3.05, 3.63) is 35.8 Å². The number of piperazine rings is 1. The third kappa shape index (κ3) is 3.93. The van der Waals surface area contributed by atoms with Gasteiger partial charge in [-0.1, -0.05) is 0 Å². The van der Waals surface area contributed by atoms with E-state index in [2.05, 4.69) is 21.9 Å². The number of aromatic nitrogens is 1. The monoisotopic (exact) mass is 329 g/mol. The number of ether oxygens (including phenoxy) is 1. The van der Waals surface area contributed by atoms with Crippen LogP contribution in [0.5, 0.6) is 11.5 Å². The third-order valence-corrected chi connectivity index (χ3v) is 4.25. The number of hydrogen-bond acceptors (Lipinski definition) is 6. The first-order valence-corrected chi connectivity index (χ1v) is 8.00. The molecule has 0 atom stereocenters. The normalized spacial score (nSPS) is 14.1. The van der Waals surface area contributed by atoms with E-state index in [1.807, 2.05) is 5.38 Å². The fraction of sp³-hybridized carbons (Fsp3) is 0.250. The van der Waals surface area contributed by atoms with E-state index in [1.54, 1.807) is 34.6 Å². The zero-order chi connectivity index (χ0) is 16.1. The van der Waals surface area contributed by atoms with Gasteiger partial charge in [-0.3, -0.25) is 4.79 Å². The van der Waals surface area contributed by atoms with Gasteiger partial charge in [-0.2, -0.15) is 0 Å². The van der Waals surface area contributed by atoms with Crippen LogP contribution in [0.3, 0.4) is 0 Å². The number of nitrogens with zero attached hydrogens (tertiary/aromatic N) is 3. The number of phenols is 1. The van der Waals surface area contributed by atoms with Gasteiger partial charge in [0.05, 0.1) is 0 Å². The Kier molecular flexibility index (Phi) is 4.64. The number of aromatic hydroxyl groups is 1. The molecule has 1 aliphatic rings. The van der Waals surface area contributed by atoms with Crippen LogP contribution >= 0.6 is 11.3 Å². The minimum Gasteiger partial charge on any atom is -0.508 e. The molecule has 1 aromatic heterocycles. The maximum Gasteiger partial charge on any atom is 0.301 e. The molecule has 3 rings (SSSR count). The Labute approximate surface area is 137 Å². The Bertz CT molecular complexity index is 711. The van der Waals surface area contributed by atoms with Crippen molar-refractivity contribution in [1.29, 1.82) is 0 Å². The van der Waals surface area contributed by atoms with Crippen molar-refractivity contribution in [2.75, 3.05) is 31.1 Å². The van der Waals surface area contributed by atoms with E-state index < -0.39 is 0 Å². The first-order chi connectivity index (χ1) is 11.2. The molecule has 0 unspecified atom stereocenters. The Balaban J connectivity index is 1.50. The SMILES string of the molecule is O=C(C#COc1ccc(O)cc1)N1CCN(c2nccs2)CC1. The zero-order valence-electron chi connectivity index (χ0n) is 12.3. The van der Waals surface area contributed by atoms with Gasteiger partial charge in [0.25, 0.3) is 0 Å². The Morgan fingerprint density at radius 1 is 1.22 bits per heavy atom. The van der Waals surface area contributed by atoms with E-state index in [-0.39, 0.29) is 11.7 Å². The lowest BCUT2D eigenvalue weighted by Crippen LogP contribution is -2.48. The van der Waals surface area contributed by atoms with E-state index >= 15 is 0 Å². The summed E-state index contributed by atoms with van der Waals surface area (Å²) in [6, 6.07) is 6.16. The van der Waals surface area contributed by atoms with Gasteiger partial charge in [0.1, 0.15) is 17.6 Å². The predicted molar refractivity (Wildman–Crippen MR) is 87.4 cm³/mol. The van der Waals surface area contributed by atoms with E-state index in [4.69, 9.17) is 4.74 Å². The van der Waals surface area contributed by atoms with Crippen molar-refractivity contribution in [1.82, 2.24) is 9.88 Å². The standard InChI is InChI=1S/C16H15N3O3S/c20-13-1-3-14(4-2-13)22-11-5-15(21)18-7-9-19(10-8-18)16-17-6-12-23-16/h1-4,6,12,20H,7-10H2. The predicted octanol–water partition coefficient (Wildman–Crippen LogP) is 1.54. The molecule has 1 N–H and O–H groups in total. The van der Waals surface area contributed by atoms with Crippen molar-refractivity contribution in [2.45, 2.75) is 0 Å². The molecule has 1 saturated heterocycles. The molecule has 7 heteroatoms. The number of carbonyl (C=O) groups is 1. The first kappa shape index (κ1) is 15.2. The number of anilines is 1. The summed E-state index contributed by atoms with van der Waals surface area (Å²) < 4.78 is 5.16. The maximum absolute atomic E-state index is 12.0. The summed E-state index contributed by atoms with van der Waals surface area (Å²) in [5.41, 5.74) is 0. The topological polar surface area (TPSA) is 65.9 Å². The van der Waals surface area contributed by atoms with Crippen LogP contribution in [0.25, 0.3) is 0 Å². The molecule has 1 amide bonds. The fourth-order valence-electron chi connectivity index (χ4n) is 2.19. The molecule has 23 heavy (non-hydrogen) atoms. The van der Waals surface area contributed by atoms with Crippen LogP contribution in [0.15, 0.2) is 35.8 Å². The fourth-order valence-corrected chi connectivity index (χ4v) is 2.89. The maximum atomic E-state index is 12.0. The average Bonchev–Trinajstić information content (AvgIpc) is 3.11. The molecule has 0 radical (unpaired) electrons. The van der Waals surface area contributed by atoms with Gasteiger partial charge in [-0.25, -0.2) is 4.98 Å². The lowest BCUT2D eigenvalue weighted by molar-refractivity contribution is -0.125. The first-order valence-electron chi connectivity index (χ1n) is 7.12. The van der Waals surface area contributed by atoms with Gasteiger partial charge >= 0.3 is 5.91 Å². The van der Waals surface area contributed by atoms with E-state index in [0.717, 1.165) is 18.2 Å². The van der Waals surface area contributed by atoms with Gasteiger partial charge < -0.3 is 19.6 Å². The molecule has 2 aromatic rings. The molecule has 0 spiro atoms. The molecule has 0 bridgehead atoms. The molecule has 2 heterocycles. The van der Waals surface area contributed by atoms with E-state index in [0.29, 0.717) is 18.8 Å². The van der Waals surface area contributed by atoms with Crippen molar-refractivity contribution < 1.29 is 14.6 Å². The van der Waals surface area contributed by atoms with Gasteiger partial charge in [-0.15, -0.1) is 11.3 Å². The molecule has 0 saturated carbocycles. The zero-order valence-corrected chi connectivity index (χ0v) is 13.1. The average molecular weight is 329 g/mol. The quantitative estimate of drug-likeness (QED) is 0.847. The van der Waals surface area contributed by atoms with Gasteiger partial charge in [0.2, 0.25) is 0 Å². The summed E-state index contributed by atoms with van der Waals surface area (Å²) in [6.45, 7) is 2.73. The number of rotatable bonds is 2. The highest BCUT2D eigenvalue weighted by atomic mass is 32.1. The summed E-state index contributed by atoms with van der Waals surface area (Å²) in [7, 11) is 0. The van der Waals surface area contributed by atoms with Crippen molar-refractivity contribution in [3.63, 3.8) is 0 Å². The van der Waals surface area contributed by atoms with Crippen LogP contribution in [0.1, 0.15) is 0 Å². The minimum atomic E-state index is -0.248. The molecular formula is C16H15N3O3S. The highest BCUT2D eigenvalue weighted by Gasteiger charge is 2.21. The van der Waals surface area contributed by atoms with Crippen LogP contribution in [0.2, 0.25) is 0 Å². The smallest absolute Gasteiger partial charge is 0.301 e. The van der Waals surface area contributed by atoms with Crippen LogP contribution in [0.4, 0.5) is 5.13 Å². The molecule has 0 aliphatic carbocycles. The summed E-state index contributed by atoms with van der Waals surface area (Å²) in [4.78, 5) is 20.2. The van der Waals surface area contributed by atoms with Crippen LogP contribution in [-0.4, -0.2) is 47.1 Å². The number of amides is 1. The lowest BCUT2D eigenvalue weighted by Gasteiger charge is -2.33. The molecule has 118 valence electrons. The Morgan fingerprint density at radius 3 is 2.61 bits per heavy atom. The summed E-state index contributed by atoms with van der Waals surface area (Å²) in [6.07, 6.45) is 4.19. The minimum absolute atomic E-state index is 0.152. The second-order valence-corrected chi connectivity index (χ2v) is 5.79. The summed E-state index contributed by atoms with van der Waals surface area (Å²) in [5.74, 6) is 2.87. The third-order valence-electron chi connectivity index (χ3n) is 3.42. The van der Waals surface area contributed by atoms with Gasteiger partial charge in [-0.05, 0) is 24.3 Å². The van der Waals surface area contributed by atoms with E-state index in [9.17, 15) is 9.90 Å². The molecule has 1 fully saturated rings. The van der Waals surface area contributed by atoms with Crippen molar-refractivity contribution >= 4 is 22.4 Å². The molecule has 1 aromatic carbocycles. The van der Waals surface area contributed by atoms with Crippen LogP contribution < -0.4 is 9.64 Å². The largest absolute Gasteiger partial charge is 0.508 e.